The number of aryl methyl sites for hydroxylation is 3. The van der Waals surface area contributed by atoms with Gasteiger partial charge in [0.25, 0.3) is 0 Å². The van der Waals surface area contributed by atoms with E-state index in [1.807, 2.05) is 36.7 Å². The Morgan fingerprint density at radius 2 is 2.06 bits per heavy atom. The summed E-state index contributed by atoms with van der Waals surface area (Å²) in [6.45, 7) is 6.06. The van der Waals surface area contributed by atoms with Gasteiger partial charge in [0, 0.05) is 11.9 Å². The highest BCUT2D eigenvalue weighted by atomic mass is 32.2. The van der Waals surface area contributed by atoms with Crippen LogP contribution in [0.1, 0.15) is 65.2 Å². The van der Waals surface area contributed by atoms with E-state index in [2.05, 4.69) is 35.4 Å². The monoisotopic (exact) mass is 495 g/mol. The maximum Gasteiger partial charge on any atom is 0.235 e. The Labute approximate surface area is 208 Å². The predicted molar refractivity (Wildman–Crippen MR) is 136 cm³/mol. The fourth-order valence-electron chi connectivity index (χ4n) is 4.09. The number of carbonyl (C=O) groups is 1. The van der Waals surface area contributed by atoms with Crippen molar-refractivity contribution >= 4 is 34.0 Å². The molecule has 4 rings (SSSR count). The Balaban J connectivity index is 1.38. The van der Waals surface area contributed by atoms with Crippen molar-refractivity contribution in [2.24, 2.45) is 7.05 Å². The Bertz CT molecular complexity index is 1240. The molecule has 7 nitrogen and oxygen atoms in total. The molecule has 0 fully saturated rings. The van der Waals surface area contributed by atoms with Gasteiger partial charge in [-0.05, 0) is 75.3 Å². The smallest absolute Gasteiger partial charge is 0.235 e. The van der Waals surface area contributed by atoms with Crippen molar-refractivity contribution in [1.29, 1.82) is 5.26 Å². The first-order chi connectivity index (χ1) is 16.4. The number of benzene rings is 1. The van der Waals surface area contributed by atoms with Crippen LogP contribution in [0.3, 0.4) is 0 Å². The molecule has 9 heteroatoms. The summed E-state index contributed by atoms with van der Waals surface area (Å²) in [5.41, 5.74) is 4.16. The number of aromatic nitrogens is 3. The fraction of sp³-hybridized carbons (Fsp3) is 0.440. The lowest BCUT2D eigenvalue weighted by atomic mass is 10.1. The maximum absolute atomic E-state index is 12.7. The lowest BCUT2D eigenvalue weighted by Gasteiger charge is -2.15. The van der Waals surface area contributed by atoms with Crippen molar-refractivity contribution in [2.75, 3.05) is 11.1 Å². The molecule has 1 aliphatic carbocycles. The van der Waals surface area contributed by atoms with E-state index in [0.29, 0.717) is 21.5 Å². The molecule has 0 spiro atoms. The second kappa shape index (κ2) is 10.6. The lowest BCUT2D eigenvalue weighted by Crippen LogP contribution is -2.15. The van der Waals surface area contributed by atoms with Gasteiger partial charge in [0.15, 0.2) is 17.1 Å². The summed E-state index contributed by atoms with van der Waals surface area (Å²) in [4.78, 5) is 13.9. The first kappa shape index (κ1) is 24.3. The first-order valence-corrected chi connectivity index (χ1v) is 13.3. The summed E-state index contributed by atoms with van der Waals surface area (Å²) in [6.07, 6.45) is 5.05. The molecule has 0 aliphatic heterocycles. The fourth-order valence-corrected chi connectivity index (χ4v) is 6.07. The van der Waals surface area contributed by atoms with E-state index >= 15 is 0 Å². The molecule has 1 amide bonds. The third-order valence-corrected chi connectivity index (χ3v) is 8.37. The molecule has 1 aromatic carbocycles. The minimum absolute atomic E-state index is 0.151. The van der Waals surface area contributed by atoms with E-state index in [1.165, 1.54) is 34.2 Å². The van der Waals surface area contributed by atoms with E-state index < -0.39 is 0 Å². The Hall–Kier alpha value is -2.83. The molecule has 0 bridgehead atoms. The number of thioether (sulfide) groups is 1. The Morgan fingerprint density at radius 3 is 2.82 bits per heavy atom. The number of anilines is 1. The quantitative estimate of drug-likeness (QED) is 0.343. The molecule has 1 N–H and O–H groups in total. The number of thiophene rings is 1. The number of nitrogens with one attached hydrogen (secondary N) is 1. The lowest BCUT2D eigenvalue weighted by molar-refractivity contribution is -0.113. The van der Waals surface area contributed by atoms with Gasteiger partial charge < -0.3 is 14.6 Å². The molecule has 3 aromatic rings. The normalized spacial score (nSPS) is 14.1. The largest absolute Gasteiger partial charge is 0.483 e. The average Bonchev–Trinajstić information content (AvgIpc) is 3.24. The van der Waals surface area contributed by atoms with Crippen LogP contribution in [0.2, 0.25) is 0 Å². The number of ether oxygens (including phenoxy) is 1. The van der Waals surface area contributed by atoms with Crippen molar-refractivity contribution in [2.45, 2.75) is 64.1 Å². The van der Waals surface area contributed by atoms with Crippen molar-refractivity contribution in [1.82, 2.24) is 14.8 Å². The highest BCUT2D eigenvalue weighted by Gasteiger charge is 2.22. The summed E-state index contributed by atoms with van der Waals surface area (Å²) in [7, 11) is 1.87. The minimum atomic E-state index is -0.289. The molecule has 2 aromatic heterocycles. The molecule has 1 unspecified atom stereocenters. The molecule has 1 aliphatic rings. The van der Waals surface area contributed by atoms with Crippen molar-refractivity contribution in [3.63, 3.8) is 0 Å². The van der Waals surface area contributed by atoms with Gasteiger partial charge in [0.05, 0.1) is 11.3 Å². The number of fused-ring (bicyclic) bond motifs is 1. The van der Waals surface area contributed by atoms with Gasteiger partial charge in [0.2, 0.25) is 5.91 Å². The molecular weight excluding hydrogens is 466 g/mol. The Kier molecular flexibility index (Phi) is 7.59. The molecule has 0 radical (unpaired) electrons. The maximum atomic E-state index is 12.7. The van der Waals surface area contributed by atoms with Gasteiger partial charge in [-0.1, -0.05) is 24.2 Å². The topological polar surface area (TPSA) is 92.8 Å². The van der Waals surface area contributed by atoms with Crippen LogP contribution in [0.5, 0.6) is 5.75 Å². The first-order valence-electron chi connectivity index (χ1n) is 11.5. The van der Waals surface area contributed by atoms with Crippen LogP contribution < -0.4 is 10.1 Å². The SMILES string of the molecule is Cc1ccc(OC(C)c2nnc(SCC(=O)Nc3sc4c(c3C#N)CCCCC4)n2C)cc1C. The number of carbonyl (C=O) groups excluding carboxylic acids is 1. The number of rotatable bonds is 7. The van der Waals surface area contributed by atoms with E-state index in [0.717, 1.165) is 37.0 Å². The van der Waals surface area contributed by atoms with Crippen molar-refractivity contribution in [3.05, 3.63) is 51.2 Å². The Morgan fingerprint density at radius 1 is 1.26 bits per heavy atom. The standard InChI is InChI=1S/C25H29N5O2S2/c1-15-10-11-18(12-16(15)2)32-17(3)23-28-29-25(30(23)4)33-14-22(31)27-24-20(13-26)19-8-6-5-7-9-21(19)34-24/h10-12,17H,5-9,14H2,1-4H3,(H,27,31). The van der Waals surface area contributed by atoms with E-state index in [1.54, 1.807) is 11.3 Å². The third kappa shape index (κ3) is 5.29. The van der Waals surface area contributed by atoms with Gasteiger partial charge in [-0.2, -0.15) is 5.26 Å². The highest BCUT2D eigenvalue weighted by molar-refractivity contribution is 7.99. The number of hydrogen-bond acceptors (Lipinski definition) is 7. The van der Waals surface area contributed by atoms with E-state index in [9.17, 15) is 10.1 Å². The summed E-state index contributed by atoms with van der Waals surface area (Å²) < 4.78 is 7.93. The van der Waals surface area contributed by atoms with Crippen LogP contribution in [0.25, 0.3) is 0 Å². The van der Waals surface area contributed by atoms with E-state index in [4.69, 9.17) is 4.74 Å². The summed E-state index contributed by atoms with van der Waals surface area (Å²) in [5.74, 6) is 1.51. The zero-order valence-electron chi connectivity index (χ0n) is 20.0. The summed E-state index contributed by atoms with van der Waals surface area (Å²) >= 11 is 2.87. The molecule has 1 atom stereocenters. The second-order valence-corrected chi connectivity index (χ2v) is 10.7. The molecule has 2 heterocycles. The second-order valence-electron chi connectivity index (χ2n) is 8.62. The number of nitriles is 1. The van der Waals surface area contributed by atoms with Crippen LogP contribution in [-0.4, -0.2) is 26.4 Å². The van der Waals surface area contributed by atoms with Crippen molar-refractivity contribution in [3.8, 4) is 11.8 Å². The highest BCUT2D eigenvalue weighted by Crippen LogP contribution is 2.37. The predicted octanol–water partition coefficient (Wildman–Crippen LogP) is 5.50. The van der Waals surface area contributed by atoms with Gasteiger partial charge in [-0.25, -0.2) is 0 Å². The molecule has 34 heavy (non-hydrogen) atoms. The molecule has 178 valence electrons. The third-order valence-electron chi connectivity index (χ3n) is 6.14. The van der Waals surface area contributed by atoms with Crippen LogP contribution in [0, 0.1) is 25.2 Å². The van der Waals surface area contributed by atoms with Gasteiger partial charge in [0.1, 0.15) is 16.8 Å². The zero-order chi connectivity index (χ0) is 24.2. The number of nitrogens with zero attached hydrogens (tertiary/aromatic N) is 4. The van der Waals surface area contributed by atoms with Gasteiger partial charge in [-0.3, -0.25) is 4.79 Å². The van der Waals surface area contributed by atoms with Crippen LogP contribution in [-0.2, 0) is 24.7 Å². The molecular formula is C25H29N5O2S2. The average molecular weight is 496 g/mol. The van der Waals surface area contributed by atoms with Crippen molar-refractivity contribution < 1.29 is 9.53 Å². The van der Waals surface area contributed by atoms with Crippen LogP contribution in [0.15, 0.2) is 23.4 Å². The zero-order valence-corrected chi connectivity index (χ0v) is 21.6. The van der Waals surface area contributed by atoms with Gasteiger partial charge in [-0.15, -0.1) is 21.5 Å². The van der Waals surface area contributed by atoms with Crippen LogP contribution >= 0.6 is 23.1 Å². The van der Waals surface area contributed by atoms with Gasteiger partial charge >= 0.3 is 0 Å². The summed E-state index contributed by atoms with van der Waals surface area (Å²) in [6, 6.07) is 8.32. The minimum Gasteiger partial charge on any atom is -0.483 e. The van der Waals surface area contributed by atoms with E-state index in [-0.39, 0.29) is 17.8 Å². The number of amides is 1. The summed E-state index contributed by atoms with van der Waals surface area (Å²) in [5, 5.41) is 22.5. The van der Waals surface area contributed by atoms with Crippen LogP contribution in [0.4, 0.5) is 5.00 Å². The molecule has 0 saturated heterocycles. The molecule has 0 saturated carbocycles. The number of hydrogen-bond donors (Lipinski definition) is 1.